The first kappa shape index (κ1) is 14.9. The summed E-state index contributed by atoms with van der Waals surface area (Å²) in [5.74, 6) is 0. The van der Waals surface area contributed by atoms with Crippen LogP contribution in [0.15, 0.2) is 109 Å². The molecule has 5 aromatic rings. The van der Waals surface area contributed by atoms with Crippen LogP contribution in [0.3, 0.4) is 0 Å². The van der Waals surface area contributed by atoms with Crippen molar-refractivity contribution in [1.82, 2.24) is 0 Å². The fourth-order valence-corrected chi connectivity index (χ4v) is 3.86. The largest absolute Gasteiger partial charge is 0.0622 e. The van der Waals surface area contributed by atoms with E-state index in [1.807, 2.05) is 0 Å². The minimum Gasteiger partial charge on any atom is -0.0622 e. The fraction of sp³-hybridized carbons (Fsp3) is 0. The zero-order chi connectivity index (χ0) is 17.3. The lowest BCUT2D eigenvalue weighted by Gasteiger charge is -2.16. The van der Waals surface area contributed by atoms with E-state index in [1.54, 1.807) is 0 Å². The number of fused-ring (bicyclic) bond motifs is 2. The van der Waals surface area contributed by atoms with Crippen molar-refractivity contribution in [2.45, 2.75) is 0 Å². The summed E-state index contributed by atoms with van der Waals surface area (Å²) in [5, 5.41) is 5.14. The van der Waals surface area contributed by atoms with Gasteiger partial charge in [0.1, 0.15) is 0 Å². The van der Waals surface area contributed by atoms with E-state index in [2.05, 4.69) is 109 Å². The Kier molecular flexibility index (Phi) is 3.54. The Balaban J connectivity index is 1.94. The van der Waals surface area contributed by atoms with Crippen LogP contribution in [-0.4, -0.2) is 0 Å². The smallest absolute Gasteiger partial charge is 0.00206 e. The van der Waals surface area contributed by atoms with Gasteiger partial charge in [-0.05, 0) is 43.8 Å². The molecule has 0 spiro atoms. The van der Waals surface area contributed by atoms with Gasteiger partial charge >= 0.3 is 0 Å². The molecule has 0 aliphatic heterocycles. The highest BCUT2D eigenvalue weighted by molar-refractivity contribution is 6.10. The maximum atomic E-state index is 2.26. The normalized spacial score (nSPS) is 11.1. The van der Waals surface area contributed by atoms with Gasteiger partial charge in [0.05, 0.1) is 0 Å². The molecule has 5 aromatic carbocycles. The standard InChI is InChI=1S/C26H18/c1-2-9-20(10-3-1)24-18-17-21-12-5-7-15-23(21)26(24)25-16-8-13-19-11-4-6-14-22(19)25/h1-18H. The summed E-state index contributed by atoms with van der Waals surface area (Å²) >= 11 is 0. The summed E-state index contributed by atoms with van der Waals surface area (Å²) in [6.45, 7) is 0. The van der Waals surface area contributed by atoms with E-state index in [1.165, 1.54) is 43.8 Å². The van der Waals surface area contributed by atoms with E-state index < -0.39 is 0 Å². The van der Waals surface area contributed by atoms with Crippen molar-refractivity contribution in [3.63, 3.8) is 0 Å². The third-order valence-electron chi connectivity index (χ3n) is 5.07. The summed E-state index contributed by atoms with van der Waals surface area (Å²) in [6, 6.07) is 39.1. The van der Waals surface area contributed by atoms with Crippen LogP contribution in [-0.2, 0) is 0 Å². The lowest BCUT2D eigenvalue weighted by molar-refractivity contribution is 1.62. The molecule has 0 atom stereocenters. The quantitative estimate of drug-likeness (QED) is 0.318. The van der Waals surface area contributed by atoms with Crippen molar-refractivity contribution in [2.75, 3.05) is 0 Å². The Morgan fingerprint density at radius 3 is 1.77 bits per heavy atom. The van der Waals surface area contributed by atoms with E-state index in [0.717, 1.165) is 0 Å². The average molecular weight is 330 g/mol. The maximum Gasteiger partial charge on any atom is -0.00206 e. The second kappa shape index (κ2) is 6.16. The molecule has 0 saturated heterocycles. The summed E-state index contributed by atoms with van der Waals surface area (Å²) in [4.78, 5) is 0. The number of hydrogen-bond donors (Lipinski definition) is 0. The molecule has 0 heteroatoms. The van der Waals surface area contributed by atoms with Crippen LogP contribution in [0.1, 0.15) is 0 Å². The van der Waals surface area contributed by atoms with Crippen molar-refractivity contribution in [3.05, 3.63) is 109 Å². The Morgan fingerprint density at radius 2 is 0.962 bits per heavy atom. The van der Waals surface area contributed by atoms with E-state index >= 15 is 0 Å². The second-order valence-electron chi connectivity index (χ2n) is 6.60. The summed E-state index contributed by atoms with van der Waals surface area (Å²) in [6.07, 6.45) is 0. The molecule has 0 nitrogen and oxygen atoms in total. The van der Waals surface area contributed by atoms with Crippen LogP contribution < -0.4 is 0 Å². The van der Waals surface area contributed by atoms with Gasteiger partial charge in [-0.1, -0.05) is 109 Å². The minimum absolute atomic E-state index is 1.25. The minimum atomic E-state index is 1.25. The van der Waals surface area contributed by atoms with Gasteiger partial charge in [0.25, 0.3) is 0 Å². The lowest BCUT2D eigenvalue weighted by atomic mass is 9.87. The molecule has 0 aliphatic rings. The molecule has 0 radical (unpaired) electrons. The summed E-state index contributed by atoms with van der Waals surface area (Å²) < 4.78 is 0. The predicted molar refractivity (Wildman–Crippen MR) is 112 cm³/mol. The third-order valence-corrected chi connectivity index (χ3v) is 5.07. The van der Waals surface area contributed by atoms with Gasteiger partial charge in [0, 0.05) is 0 Å². The highest BCUT2D eigenvalue weighted by atomic mass is 14.2. The Labute approximate surface area is 153 Å². The Bertz CT molecular complexity index is 1210. The van der Waals surface area contributed by atoms with Crippen LogP contribution >= 0.6 is 0 Å². The Morgan fingerprint density at radius 1 is 0.346 bits per heavy atom. The zero-order valence-electron chi connectivity index (χ0n) is 14.4. The van der Waals surface area contributed by atoms with Gasteiger partial charge in [0.15, 0.2) is 0 Å². The molecule has 0 N–H and O–H groups in total. The van der Waals surface area contributed by atoms with Crippen molar-refractivity contribution in [3.8, 4) is 22.3 Å². The first-order valence-corrected chi connectivity index (χ1v) is 8.97. The zero-order valence-corrected chi connectivity index (χ0v) is 14.4. The first-order chi connectivity index (χ1) is 12.9. The molecule has 0 amide bonds. The Hall–Kier alpha value is -3.38. The maximum absolute atomic E-state index is 2.26. The van der Waals surface area contributed by atoms with E-state index in [9.17, 15) is 0 Å². The number of benzene rings is 5. The van der Waals surface area contributed by atoms with Gasteiger partial charge in [-0.25, -0.2) is 0 Å². The van der Waals surface area contributed by atoms with E-state index in [4.69, 9.17) is 0 Å². The van der Waals surface area contributed by atoms with Gasteiger partial charge in [0.2, 0.25) is 0 Å². The summed E-state index contributed by atoms with van der Waals surface area (Å²) in [5.41, 5.74) is 5.13. The molecule has 0 heterocycles. The van der Waals surface area contributed by atoms with Gasteiger partial charge in [-0.15, -0.1) is 0 Å². The molecule has 0 aliphatic carbocycles. The van der Waals surface area contributed by atoms with Gasteiger partial charge < -0.3 is 0 Å². The molecule has 26 heavy (non-hydrogen) atoms. The third kappa shape index (κ3) is 2.39. The van der Waals surface area contributed by atoms with Crippen LogP contribution in [0.25, 0.3) is 43.8 Å². The van der Waals surface area contributed by atoms with Gasteiger partial charge in [-0.2, -0.15) is 0 Å². The molecule has 0 fully saturated rings. The van der Waals surface area contributed by atoms with Crippen molar-refractivity contribution in [1.29, 1.82) is 0 Å². The number of rotatable bonds is 2. The predicted octanol–water partition coefficient (Wildman–Crippen LogP) is 7.33. The molecule has 0 unspecified atom stereocenters. The molecule has 0 aromatic heterocycles. The van der Waals surface area contributed by atoms with E-state index in [0.29, 0.717) is 0 Å². The van der Waals surface area contributed by atoms with E-state index in [-0.39, 0.29) is 0 Å². The number of hydrogen-bond acceptors (Lipinski definition) is 0. The van der Waals surface area contributed by atoms with Crippen LogP contribution in [0, 0.1) is 0 Å². The van der Waals surface area contributed by atoms with Crippen molar-refractivity contribution < 1.29 is 0 Å². The molecule has 122 valence electrons. The van der Waals surface area contributed by atoms with Crippen molar-refractivity contribution >= 4 is 21.5 Å². The van der Waals surface area contributed by atoms with Crippen LogP contribution in [0.2, 0.25) is 0 Å². The molecule has 5 rings (SSSR count). The second-order valence-corrected chi connectivity index (χ2v) is 6.60. The SMILES string of the molecule is c1ccc(-c2ccc3ccccc3c2-c2cccc3ccccc23)cc1. The monoisotopic (exact) mass is 330 g/mol. The van der Waals surface area contributed by atoms with Crippen molar-refractivity contribution in [2.24, 2.45) is 0 Å². The summed E-state index contributed by atoms with van der Waals surface area (Å²) in [7, 11) is 0. The molecule has 0 bridgehead atoms. The lowest BCUT2D eigenvalue weighted by Crippen LogP contribution is -1.89. The highest BCUT2D eigenvalue weighted by Gasteiger charge is 2.13. The highest BCUT2D eigenvalue weighted by Crippen LogP contribution is 2.40. The van der Waals surface area contributed by atoms with Crippen LogP contribution in [0.4, 0.5) is 0 Å². The topological polar surface area (TPSA) is 0 Å². The fourth-order valence-electron chi connectivity index (χ4n) is 3.86. The molecule has 0 saturated carbocycles. The average Bonchev–Trinajstić information content (AvgIpc) is 2.73. The molecular weight excluding hydrogens is 312 g/mol. The van der Waals surface area contributed by atoms with Gasteiger partial charge in [-0.3, -0.25) is 0 Å². The molecular formula is C26H18. The van der Waals surface area contributed by atoms with Crippen LogP contribution in [0.5, 0.6) is 0 Å². The first-order valence-electron chi connectivity index (χ1n) is 8.97.